The predicted molar refractivity (Wildman–Crippen MR) is 98.2 cm³/mol. The van der Waals surface area contributed by atoms with Crippen molar-refractivity contribution >= 4 is 33.7 Å². The molecule has 6 heteroatoms. The van der Waals surface area contributed by atoms with Gasteiger partial charge in [-0.1, -0.05) is 30.3 Å². The lowest BCUT2D eigenvalue weighted by Crippen LogP contribution is -2.50. The first kappa shape index (κ1) is 16.4. The molecule has 1 fully saturated rings. The average Bonchev–Trinajstić information content (AvgIpc) is 3.12. The Morgan fingerprint density at radius 3 is 2.50 bits per heavy atom. The van der Waals surface area contributed by atoms with E-state index < -0.39 is 0 Å². The quantitative estimate of drug-likeness (QED) is 0.708. The van der Waals surface area contributed by atoms with Gasteiger partial charge in [-0.15, -0.1) is 0 Å². The van der Waals surface area contributed by atoms with Gasteiger partial charge in [0.2, 0.25) is 0 Å². The number of ether oxygens (including phenoxy) is 1. The van der Waals surface area contributed by atoms with Gasteiger partial charge in [0.1, 0.15) is 5.58 Å². The average molecular weight is 352 g/mol. The normalized spacial score (nSPS) is 14.8. The number of amides is 2. The first-order chi connectivity index (χ1) is 12.7. The molecular formula is C20H20N2O4. The first-order valence-electron chi connectivity index (χ1n) is 8.79. The number of piperazine rings is 1. The largest absolute Gasteiger partial charge is 0.451 e. The summed E-state index contributed by atoms with van der Waals surface area (Å²) in [4.78, 5) is 27.9. The molecule has 1 aliphatic heterocycles. The van der Waals surface area contributed by atoms with Gasteiger partial charge in [-0.05, 0) is 29.8 Å². The molecule has 1 saturated heterocycles. The molecule has 0 N–H and O–H groups in total. The predicted octanol–water partition coefficient (Wildman–Crippen LogP) is 3.50. The highest BCUT2D eigenvalue weighted by Gasteiger charge is 2.27. The van der Waals surface area contributed by atoms with E-state index in [4.69, 9.17) is 9.15 Å². The molecule has 0 unspecified atom stereocenters. The van der Waals surface area contributed by atoms with E-state index in [-0.39, 0.29) is 12.0 Å². The van der Waals surface area contributed by atoms with Crippen molar-refractivity contribution in [2.75, 3.05) is 32.8 Å². The Balaban J connectivity index is 1.54. The number of benzene rings is 2. The van der Waals surface area contributed by atoms with E-state index in [1.54, 1.807) is 16.7 Å². The SMILES string of the molecule is CCOC(=O)N1CCN(C(=O)c2cc3c(ccc4ccccc43)o2)CC1. The molecule has 2 heterocycles. The van der Waals surface area contributed by atoms with Crippen LogP contribution in [-0.4, -0.2) is 54.6 Å². The van der Waals surface area contributed by atoms with E-state index in [0.29, 0.717) is 44.1 Å². The Morgan fingerprint density at radius 1 is 1.00 bits per heavy atom. The number of carbonyl (C=O) groups excluding carboxylic acids is 2. The van der Waals surface area contributed by atoms with E-state index in [9.17, 15) is 9.59 Å². The summed E-state index contributed by atoms with van der Waals surface area (Å²) in [5, 5.41) is 3.12. The number of carbonyl (C=O) groups is 2. The second-order valence-corrected chi connectivity index (χ2v) is 6.29. The van der Waals surface area contributed by atoms with E-state index in [1.807, 2.05) is 42.5 Å². The van der Waals surface area contributed by atoms with Crippen LogP contribution < -0.4 is 0 Å². The summed E-state index contributed by atoms with van der Waals surface area (Å²) in [6, 6.07) is 13.7. The Kier molecular flexibility index (Phi) is 4.24. The van der Waals surface area contributed by atoms with E-state index in [2.05, 4.69) is 0 Å². The van der Waals surface area contributed by atoms with Crippen LogP contribution in [0.1, 0.15) is 17.5 Å². The maximum absolute atomic E-state index is 12.8. The minimum Gasteiger partial charge on any atom is -0.451 e. The van der Waals surface area contributed by atoms with Crippen LogP contribution in [-0.2, 0) is 4.74 Å². The lowest BCUT2D eigenvalue weighted by Gasteiger charge is -2.33. The van der Waals surface area contributed by atoms with Crippen LogP contribution in [0, 0.1) is 0 Å². The molecular weight excluding hydrogens is 332 g/mol. The summed E-state index contributed by atoms with van der Waals surface area (Å²) in [7, 11) is 0. The number of rotatable bonds is 2. The summed E-state index contributed by atoms with van der Waals surface area (Å²) in [5.74, 6) is 0.190. The van der Waals surface area contributed by atoms with Crippen molar-refractivity contribution in [2.24, 2.45) is 0 Å². The molecule has 0 radical (unpaired) electrons. The van der Waals surface area contributed by atoms with Gasteiger partial charge in [-0.3, -0.25) is 4.79 Å². The molecule has 0 spiro atoms. The number of hydrogen-bond acceptors (Lipinski definition) is 4. The van der Waals surface area contributed by atoms with Crippen LogP contribution >= 0.6 is 0 Å². The Morgan fingerprint density at radius 2 is 1.73 bits per heavy atom. The smallest absolute Gasteiger partial charge is 0.409 e. The fourth-order valence-electron chi connectivity index (χ4n) is 3.36. The van der Waals surface area contributed by atoms with Crippen LogP contribution in [0.4, 0.5) is 4.79 Å². The maximum atomic E-state index is 12.8. The molecule has 0 bridgehead atoms. The third kappa shape index (κ3) is 2.87. The third-order valence-electron chi connectivity index (χ3n) is 4.73. The van der Waals surface area contributed by atoms with Crippen molar-refractivity contribution in [1.29, 1.82) is 0 Å². The van der Waals surface area contributed by atoms with Gasteiger partial charge in [0.25, 0.3) is 5.91 Å². The summed E-state index contributed by atoms with van der Waals surface area (Å²) in [5.41, 5.74) is 0.706. The minimum atomic E-state index is -0.324. The highest BCUT2D eigenvalue weighted by atomic mass is 16.6. The highest BCUT2D eigenvalue weighted by molar-refractivity contribution is 6.08. The molecule has 0 aliphatic carbocycles. The molecule has 0 atom stereocenters. The molecule has 0 saturated carbocycles. The number of fused-ring (bicyclic) bond motifs is 3. The third-order valence-corrected chi connectivity index (χ3v) is 4.73. The van der Waals surface area contributed by atoms with E-state index in [0.717, 1.165) is 16.2 Å². The number of nitrogens with zero attached hydrogens (tertiary/aromatic N) is 2. The minimum absolute atomic E-state index is 0.145. The second kappa shape index (κ2) is 6.71. The van der Waals surface area contributed by atoms with Crippen LogP contribution in [0.5, 0.6) is 0 Å². The molecule has 4 rings (SSSR count). The number of furan rings is 1. The molecule has 26 heavy (non-hydrogen) atoms. The monoisotopic (exact) mass is 352 g/mol. The topological polar surface area (TPSA) is 63.0 Å². The zero-order valence-electron chi connectivity index (χ0n) is 14.6. The standard InChI is InChI=1S/C20H20N2O4/c1-2-25-20(24)22-11-9-21(10-12-22)19(23)18-13-16-15-6-4-3-5-14(15)7-8-17(16)26-18/h3-8,13H,2,9-12H2,1H3. The summed E-state index contributed by atoms with van der Waals surface area (Å²) in [6.07, 6.45) is -0.324. The molecule has 1 aromatic heterocycles. The van der Waals surface area contributed by atoms with Crippen molar-refractivity contribution in [3.05, 3.63) is 48.2 Å². The van der Waals surface area contributed by atoms with Gasteiger partial charge < -0.3 is 19.0 Å². The van der Waals surface area contributed by atoms with Crippen LogP contribution in [0.15, 0.2) is 46.9 Å². The summed E-state index contributed by atoms with van der Waals surface area (Å²) >= 11 is 0. The lowest BCUT2D eigenvalue weighted by molar-refractivity contribution is 0.0548. The van der Waals surface area contributed by atoms with Gasteiger partial charge in [-0.25, -0.2) is 4.79 Å². The van der Waals surface area contributed by atoms with Gasteiger partial charge in [0, 0.05) is 31.6 Å². The van der Waals surface area contributed by atoms with Crippen molar-refractivity contribution in [3.63, 3.8) is 0 Å². The molecule has 134 valence electrons. The van der Waals surface area contributed by atoms with E-state index >= 15 is 0 Å². The second-order valence-electron chi connectivity index (χ2n) is 6.29. The number of hydrogen-bond donors (Lipinski definition) is 0. The maximum Gasteiger partial charge on any atom is 0.409 e. The zero-order valence-corrected chi connectivity index (χ0v) is 14.6. The van der Waals surface area contributed by atoms with Crippen molar-refractivity contribution in [2.45, 2.75) is 6.92 Å². The zero-order chi connectivity index (χ0) is 18.1. The van der Waals surface area contributed by atoms with E-state index in [1.165, 1.54) is 0 Å². The molecule has 1 aliphatic rings. The molecule has 6 nitrogen and oxygen atoms in total. The fourth-order valence-corrected chi connectivity index (χ4v) is 3.36. The van der Waals surface area contributed by atoms with Crippen molar-refractivity contribution in [1.82, 2.24) is 9.80 Å². The summed E-state index contributed by atoms with van der Waals surface area (Å²) in [6.45, 7) is 4.00. The van der Waals surface area contributed by atoms with Crippen LogP contribution in [0.25, 0.3) is 21.7 Å². The molecule has 3 aromatic rings. The van der Waals surface area contributed by atoms with Crippen molar-refractivity contribution in [3.8, 4) is 0 Å². The molecule has 2 aromatic carbocycles. The Labute approximate surface area is 150 Å². The lowest BCUT2D eigenvalue weighted by atomic mass is 10.1. The van der Waals surface area contributed by atoms with Crippen LogP contribution in [0.2, 0.25) is 0 Å². The fraction of sp³-hybridized carbons (Fsp3) is 0.300. The van der Waals surface area contributed by atoms with Gasteiger partial charge in [-0.2, -0.15) is 0 Å². The highest BCUT2D eigenvalue weighted by Crippen LogP contribution is 2.28. The van der Waals surface area contributed by atoms with Crippen molar-refractivity contribution < 1.29 is 18.7 Å². The Bertz CT molecular complexity index is 970. The first-order valence-corrected chi connectivity index (χ1v) is 8.79. The van der Waals surface area contributed by atoms with Crippen LogP contribution in [0.3, 0.4) is 0 Å². The Hall–Kier alpha value is -3.02. The summed E-state index contributed by atoms with van der Waals surface area (Å²) < 4.78 is 10.8. The van der Waals surface area contributed by atoms with Gasteiger partial charge in [0.15, 0.2) is 5.76 Å². The molecule has 2 amide bonds. The van der Waals surface area contributed by atoms with Gasteiger partial charge in [0.05, 0.1) is 6.61 Å². The van der Waals surface area contributed by atoms with Gasteiger partial charge >= 0.3 is 6.09 Å².